The van der Waals surface area contributed by atoms with E-state index < -0.39 is 0 Å². The topological polar surface area (TPSA) is 65.4 Å². The average molecular weight is 297 g/mol. The first-order valence-corrected chi connectivity index (χ1v) is 7.29. The minimum atomic E-state index is -0.318. The predicted octanol–water partition coefficient (Wildman–Crippen LogP) is 1.75. The average Bonchev–Trinajstić information content (AvgIpc) is 2.78. The van der Waals surface area contributed by atoms with Crippen molar-refractivity contribution >= 4 is 5.97 Å². The second kappa shape index (κ2) is 8.14. The number of carbonyl (C=O) groups excluding carboxylic acids is 1. The number of methoxy groups -OCH3 is 1. The van der Waals surface area contributed by atoms with Gasteiger partial charge in [0.05, 0.1) is 18.5 Å². The molecule has 1 heterocycles. The maximum absolute atomic E-state index is 11.9. The zero-order valence-electron chi connectivity index (χ0n) is 13.7. The molecule has 0 atom stereocenters. The van der Waals surface area contributed by atoms with Gasteiger partial charge in [0, 0.05) is 33.9 Å². The monoisotopic (exact) mass is 297 g/mol. The third kappa shape index (κ3) is 5.47. The van der Waals surface area contributed by atoms with Crippen molar-refractivity contribution < 1.29 is 14.3 Å². The number of hydrogen-bond acceptors (Lipinski definition) is 5. The van der Waals surface area contributed by atoms with Gasteiger partial charge in [-0.1, -0.05) is 13.8 Å². The zero-order chi connectivity index (χ0) is 15.9. The number of aromatic nitrogens is 2. The van der Waals surface area contributed by atoms with E-state index >= 15 is 0 Å². The molecule has 1 aromatic heterocycles. The Kier molecular flexibility index (Phi) is 6.84. The summed E-state index contributed by atoms with van der Waals surface area (Å²) in [6.45, 7) is 8.71. The molecule has 0 saturated carbocycles. The van der Waals surface area contributed by atoms with Crippen LogP contribution in [-0.4, -0.2) is 42.6 Å². The lowest BCUT2D eigenvalue weighted by molar-refractivity contribution is 0.0524. The van der Waals surface area contributed by atoms with E-state index in [1.165, 1.54) is 0 Å². The van der Waals surface area contributed by atoms with E-state index in [1.54, 1.807) is 24.9 Å². The highest BCUT2D eigenvalue weighted by Gasteiger charge is 2.20. The molecule has 0 fully saturated rings. The van der Waals surface area contributed by atoms with Crippen LogP contribution in [-0.2, 0) is 23.1 Å². The predicted molar refractivity (Wildman–Crippen MR) is 81.1 cm³/mol. The number of nitrogens with one attached hydrogen (secondary N) is 1. The Hall–Kier alpha value is -1.40. The van der Waals surface area contributed by atoms with Gasteiger partial charge in [-0.25, -0.2) is 4.79 Å². The second-order valence-electron chi connectivity index (χ2n) is 5.86. The number of hydrogen-bond donors (Lipinski definition) is 1. The molecular weight excluding hydrogens is 270 g/mol. The highest BCUT2D eigenvalue weighted by molar-refractivity contribution is 5.90. The maximum atomic E-state index is 11.9. The summed E-state index contributed by atoms with van der Waals surface area (Å²) in [5.41, 5.74) is 1.51. The van der Waals surface area contributed by atoms with Gasteiger partial charge in [-0.15, -0.1) is 0 Å². The fourth-order valence-corrected chi connectivity index (χ4v) is 2.04. The molecule has 21 heavy (non-hydrogen) atoms. The molecule has 0 radical (unpaired) electrons. The number of esters is 1. The summed E-state index contributed by atoms with van der Waals surface area (Å²) in [6.07, 6.45) is 2.54. The summed E-state index contributed by atoms with van der Waals surface area (Å²) in [6, 6.07) is 0. The minimum absolute atomic E-state index is 0.138. The molecule has 0 spiro atoms. The van der Waals surface area contributed by atoms with Crippen molar-refractivity contribution in [3.8, 4) is 0 Å². The van der Waals surface area contributed by atoms with Gasteiger partial charge in [0.15, 0.2) is 0 Å². The molecular formula is C15H27N3O3. The van der Waals surface area contributed by atoms with Crippen LogP contribution in [0, 0.1) is 5.41 Å². The van der Waals surface area contributed by atoms with E-state index in [1.807, 2.05) is 7.05 Å². The van der Waals surface area contributed by atoms with Gasteiger partial charge >= 0.3 is 5.97 Å². The van der Waals surface area contributed by atoms with Crippen molar-refractivity contribution in [2.75, 3.05) is 26.9 Å². The van der Waals surface area contributed by atoms with E-state index in [0.717, 1.165) is 25.3 Å². The van der Waals surface area contributed by atoms with Crippen LogP contribution >= 0.6 is 0 Å². The number of nitrogens with zero attached hydrogens (tertiary/aromatic N) is 2. The highest BCUT2D eigenvalue weighted by atomic mass is 16.5. The molecule has 0 aliphatic rings. The molecule has 0 unspecified atom stereocenters. The Morgan fingerprint density at radius 2 is 2.19 bits per heavy atom. The van der Waals surface area contributed by atoms with E-state index in [0.29, 0.717) is 18.7 Å². The van der Waals surface area contributed by atoms with Crippen molar-refractivity contribution in [3.63, 3.8) is 0 Å². The molecule has 0 saturated heterocycles. The van der Waals surface area contributed by atoms with Gasteiger partial charge < -0.3 is 14.8 Å². The molecule has 120 valence electrons. The molecule has 0 aliphatic heterocycles. The third-order valence-corrected chi connectivity index (χ3v) is 3.44. The molecule has 0 bridgehead atoms. The van der Waals surface area contributed by atoms with Crippen LogP contribution in [0.3, 0.4) is 0 Å². The third-order valence-electron chi connectivity index (χ3n) is 3.44. The first kappa shape index (κ1) is 17.7. The van der Waals surface area contributed by atoms with Crippen molar-refractivity contribution in [1.82, 2.24) is 15.1 Å². The standard InChI is InChI=1S/C15H27N3O3/c1-6-21-14(19)12-9-17-18(4)13(12)10-16-11-15(2,3)7-8-20-5/h9,16H,6-8,10-11H2,1-5H3. The largest absolute Gasteiger partial charge is 0.462 e. The minimum Gasteiger partial charge on any atom is -0.462 e. The van der Waals surface area contributed by atoms with Crippen LogP contribution in [0.1, 0.15) is 43.2 Å². The summed E-state index contributed by atoms with van der Waals surface area (Å²) in [5.74, 6) is -0.318. The Labute approximate surface area is 126 Å². The molecule has 6 nitrogen and oxygen atoms in total. The van der Waals surface area contributed by atoms with E-state index in [9.17, 15) is 4.79 Å². The van der Waals surface area contributed by atoms with E-state index in [-0.39, 0.29) is 11.4 Å². The lowest BCUT2D eigenvalue weighted by atomic mass is 9.90. The number of ether oxygens (including phenoxy) is 2. The summed E-state index contributed by atoms with van der Waals surface area (Å²) in [7, 11) is 3.54. The molecule has 1 rings (SSSR count). The van der Waals surface area contributed by atoms with Crippen LogP contribution < -0.4 is 5.32 Å². The summed E-state index contributed by atoms with van der Waals surface area (Å²) in [4.78, 5) is 11.9. The molecule has 6 heteroatoms. The van der Waals surface area contributed by atoms with Crippen LogP contribution in [0.25, 0.3) is 0 Å². The lowest BCUT2D eigenvalue weighted by Crippen LogP contribution is -2.31. The quantitative estimate of drug-likeness (QED) is 0.703. The molecule has 0 aliphatic carbocycles. The van der Waals surface area contributed by atoms with Crippen molar-refractivity contribution in [3.05, 3.63) is 17.5 Å². The van der Waals surface area contributed by atoms with Crippen molar-refractivity contribution in [2.24, 2.45) is 12.5 Å². The van der Waals surface area contributed by atoms with Crippen LogP contribution in [0.4, 0.5) is 0 Å². The first-order valence-electron chi connectivity index (χ1n) is 7.29. The second-order valence-corrected chi connectivity index (χ2v) is 5.86. The number of aryl methyl sites for hydroxylation is 1. The zero-order valence-corrected chi connectivity index (χ0v) is 13.7. The van der Waals surface area contributed by atoms with Gasteiger partial charge in [-0.2, -0.15) is 5.10 Å². The van der Waals surface area contributed by atoms with Crippen LogP contribution in [0.15, 0.2) is 6.20 Å². The fraction of sp³-hybridized carbons (Fsp3) is 0.733. The number of carbonyl (C=O) groups is 1. The van der Waals surface area contributed by atoms with Gasteiger partial charge in [0.25, 0.3) is 0 Å². The van der Waals surface area contributed by atoms with Gasteiger partial charge in [-0.3, -0.25) is 4.68 Å². The molecule has 1 N–H and O–H groups in total. The van der Waals surface area contributed by atoms with E-state index in [4.69, 9.17) is 9.47 Å². The van der Waals surface area contributed by atoms with Crippen molar-refractivity contribution in [1.29, 1.82) is 0 Å². The smallest absolute Gasteiger partial charge is 0.341 e. The molecule has 0 aromatic carbocycles. The Bertz CT molecular complexity index is 455. The lowest BCUT2D eigenvalue weighted by Gasteiger charge is -2.24. The summed E-state index contributed by atoms with van der Waals surface area (Å²) < 4.78 is 11.9. The molecule has 0 amide bonds. The van der Waals surface area contributed by atoms with Gasteiger partial charge in [-0.05, 0) is 18.8 Å². The first-order chi connectivity index (χ1) is 9.91. The normalized spacial score (nSPS) is 11.7. The highest BCUT2D eigenvalue weighted by Crippen LogP contribution is 2.19. The van der Waals surface area contributed by atoms with E-state index in [2.05, 4.69) is 24.3 Å². The van der Waals surface area contributed by atoms with Gasteiger partial charge in [0.1, 0.15) is 5.56 Å². The number of rotatable bonds is 9. The Balaban J connectivity index is 2.59. The molecule has 1 aromatic rings. The Morgan fingerprint density at radius 1 is 1.48 bits per heavy atom. The Morgan fingerprint density at radius 3 is 2.81 bits per heavy atom. The fourth-order valence-electron chi connectivity index (χ4n) is 2.04. The maximum Gasteiger partial charge on any atom is 0.341 e. The summed E-state index contributed by atoms with van der Waals surface area (Å²) >= 11 is 0. The summed E-state index contributed by atoms with van der Waals surface area (Å²) in [5, 5.41) is 7.53. The SMILES string of the molecule is CCOC(=O)c1cnn(C)c1CNCC(C)(C)CCOC. The van der Waals surface area contributed by atoms with Crippen molar-refractivity contribution in [2.45, 2.75) is 33.7 Å². The van der Waals surface area contributed by atoms with Gasteiger partial charge in [0.2, 0.25) is 0 Å². The van der Waals surface area contributed by atoms with Crippen LogP contribution in [0.2, 0.25) is 0 Å². The van der Waals surface area contributed by atoms with Crippen LogP contribution in [0.5, 0.6) is 0 Å².